The van der Waals surface area contributed by atoms with Gasteiger partial charge in [-0.25, -0.2) is 0 Å². The second-order valence-electron chi connectivity index (χ2n) is 12.6. The third-order valence-corrected chi connectivity index (χ3v) is 11.4. The van der Waals surface area contributed by atoms with Crippen molar-refractivity contribution in [3.05, 3.63) is 0 Å². The highest BCUT2D eigenvalue weighted by Gasteiger charge is 2.65. The van der Waals surface area contributed by atoms with E-state index in [0.29, 0.717) is 41.5 Å². The van der Waals surface area contributed by atoms with E-state index < -0.39 is 0 Å². The lowest BCUT2D eigenvalue weighted by molar-refractivity contribution is -0.115. The summed E-state index contributed by atoms with van der Waals surface area (Å²) >= 11 is 0. The third kappa shape index (κ3) is 3.09. The van der Waals surface area contributed by atoms with E-state index in [0.717, 1.165) is 42.4 Å². The first kappa shape index (κ1) is 20.8. The van der Waals surface area contributed by atoms with Gasteiger partial charge in [-0.15, -0.1) is 0 Å². The molecule has 5 rings (SSSR count). The van der Waals surface area contributed by atoms with Gasteiger partial charge >= 0.3 is 0 Å². The van der Waals surface area contributed by atoms with Crippen LogP contribution in [0.25, 0.3) is 0 Å². The van der Waals surface area contributed by atoms with Gasteiger partial charge in [-0.3, -0.25) is 0 Å². The maximum atomic E-state index is 9.40. The van der Waals surface area contributed by atoms with Crippen LogP contribution in [-0.4, -0.2) is 23.9 Å². The highest BCUT2D eigenvalue weighted by atomic mass is 16.5. The first-order chi connectivity index (χ1) is 13.9. The minimum atomic E-state index is 0. The number of fused-ring (bicyclic) bond motifs is 7. The first-order valence-corrected chi connectivity index (χ1v) is 13.1. The van der Waals surface area contributed by atoms with Crippen LogP contribution in [0, 0.1) is 52.3 Å². The second kappa shape index (κ2) is 7.51. The van der Waals surface area contributed by atoms with Crippen LogP contribution < -0.4 is 0 Å². The molecule has 2 nitrogen and oxygen atoms in total. The van der Waals surface area contributed by atoms with Gasteiger partial charge in [0.1, 0.15) is 0 Å². The molecule has 1 heterocycles. The molecular formula is C27H50O2. The molecule has 4 saturated carbocycles. The Kier molecular flexibility index (Phi) is 5.38. The van der Waals surface area contributed by atoms with Gasteiger partial charge in [-0.1, -0.05) is 40.5 Å². The number of rotatable bonds is 4. The summed E-state index contributed by atoms with van der Waals surface area (Å²) in [6.45, 7) is 10.4. The minimum absolute atomic E-state index is 0. The maximum absolute atomic E-state index is 9.40. The van der Waals surface area contributed by atoms with E-state index in [-0.39, 0.29) is 2.85 Å². The summed E-state index contributed by atoms with van der Waals surface area (Å²) in [5, 5.41) is 9.40. The standard InChI is InChI=1S/C27H46O2.2H2/c1-17(16-28)8-11-23-18(2)25-24(29-23)15-22-20-10-9-19-7-5-6-13-26(19,3)21(20)12-14-27(22,25)4;;/h17-25,28H,5-16H2,1-4H3;2*1H/t17?,18-,19+,20-,21+,22+,23-,24?,25?,26+,27+;;/m1../s1. The fourth-order valence-corrected chi connectivity index (χ4v) is 9.85. The van der Waals surface area contributed by atoms with Gasteiger partial charge in [0.2, 0.25) is 0 Å². The normalized spacial score (nSPS) is 54.9. The van der Waals surface area contributed by atoms with Crippen molar-refractivity contribution in [1.29, 1.82) is 0 Å². The van der Waals surface area contributed by atoms with Crippen LogP contribution in [0.3, 0.4) is 0 Å². The van der Waals surface area contributed by atoms with Crippen LogP contribution in [0.15, 0.2) is 0 Å². The second-order valence-corrected chi connectivity index (χ2v) is 12.6. The first-order valence-electron chi connectivity index (χ1n) is 13.1. The lowest BCUT2D eigenvalue weighted by Gasteiger charge is -2.60. The molecule has 2 heteroatoms. The topological polar surface area (TPSA) is 29.5 Å². The molecule has 0 aromatic carbocycles. The molecule has 0 spiro atoms. The molecule has 4 aliphatic carbocycles. The van der Waals surface area contributed by atoms with Crippen LogP contribution in [0.5, 0.6) is 0 Å². The molecule has 29 heavy (non-hydrogen) atoms. The molecule has 1 aliphatic heterocycles. The number of ether oxygens (including phenoxy) is 1. The van der Waals surface area contributed by atoms with Gasteiger partial charge in [-0.05, 0) is 110 Å². The van der Waals surface area contributed by atoms with Crippen LogP contribution in [0.4, 0.5) is 0 Å². The third-order valence-electron chi connectivity index (χ3n) is 11.4. The lowest BCUT2D eigenvalue weighted by Crippen LogP contribution is -2.53. The zero-order valence-corrected chi connectivity index (χ0v) is 19.5. The number of hydrogen-bond acceptors (Lipinski definition) is 2. The van der Waals surface area contributed by atoms with Crippen LogP contribution in [-0.2, 0) is 4.74 Å². The Morgan fingerprint density at radius 2 is 1.86 bits per heavy atom. The molecule has 0 bridgehead atoms. The van der Waals surface area contributed by atoms with Crippen LogP contribution in [0.1, 0.15) is 101 Å². The molecule has 11 atom stereocenters. The Balaban J connectivity index is 0.00000136. The van der Waals surface area contributed by atoms with Crippen LogP contribution in [0.2, 0.25) is 0 Å². The molecule has 5 aliphatic rings. The molecule has 3 unspecified atom stereocenters. The highest BCUT2D eigenvalue weighted by Crippen LogP contribution is 2.70. The number of aliphatic hydroxyl groups excluding tert-OH is 1. The molecule has 0 aromatic heterocycles. The van der Waals surface area contributed by atoms with Crippen molar-refractivity contribution in [2.45, 2.75) is 111 Å². The molecule has 0 radical (unpaired) electrons. The smallest absolute Gasteiger partial charge is 0.0618 e. The molecule has 1 N–H and O–H groups in total. The van der Waals surface area contributed by atoms with E-state index in [1.165, 1.54) is 57.8 Å². The number of hydrogen-bond donors (Lipinski definition) is 1. The molecular weight excluding hydrogens is 356 g/mol. The van der Waals surface area contributed by atoms with Crippen molar-refractivity contribution in [3.63, 3.8) is 0 Å². The van der Waals surface area contributed by atoms with Crippen molar-refractivity contribution < 1.29 is 12.7 Å². The maximum Gasteiger partial charge on any atom is 0.0618 e. The van der Waals surface area contributed by atoms with Gasteiger partial charge in [0, 0.05) is 9.46 Å². The zero-order valence-electron chi connectivity index (χ0n) is 19.5. The van der Waals surface area contributed by atoms with Gasteiger partial charge < -0.3 is 9.84 Å². The Morgan fingerprint density at radius 1 is 1.03 bits per heavy atom. The monoisotopic (exact) mass is 406 g/mol. The SMILES string of the molecule is CC(CO)CC[C@H]1OC2C[C@H]3[C@@H]4CC[C@@H]5CCCC[C@]5(C)[C@H]4CC[C@]3(C)C2[C@@H]1C.[HH].[HH]. The van der Waals surface area contributed by atoms with E-state index in [9.17, 15) is 5.11 Å². The Morgan fingerprint density at radius 3 is 2.66 bits per heavy atom. The average Bonchev–Trinajstić information content (AvgIpc) is 3.19. The molecule has 0 amide bonds. The summed E-state index contributed by atoms with van der Waals surface area (Å²) in [7, 11) is 0. The van der Waals surface area contributed by atoms with Crippen molar-refractivity contribution in [1.82, 2.24) is 0 Å². The zero-order chi connectivity index (χ0) is 20.4. The number of aliphatic hydroxyl groups is 1. The molecule has 1 saturated heterocycles. The van der Waals surface area contributed by atoms with Gasteiger partial charge in [0.15, 0.2) is 0 Å². The predicted molar refractivity (Wildman–Crippen MR) is 123 cm³/mol. The Hall–Kier alpha value is -0.0800. The summed E-state index contributed by atoms with van der Waals surface area (Å²) in [6.07, 6.45) is 16.5. The summed E-state index contributed by atoms with van der Waals surface area (Å²) in [4.78, 5) is 0. The van der Waals surface area contributed by atoms with Crippen molar-refractivity contribution in [3.8, 4) is 0 Å². The molecule has 170 valence electrons. The summed E-state index contributed by atoms with van der Waals surface area (Å²) in [5.41, 5.74) is 1.16. The molecule has 0 aromatic rings. The van der Waals surface area contributed by atoms with E-state index in [2.05, 4.69) is 27.7 Å². The lowest BCUT2D eigenvalue weighted by atomic mass is 9.44. The van der Waals surface area contributed by atoms with E-state index in [1.54, 1.807) is 0 Å². The average molecular weight is 407 g/mol. The van der Waals surface area contributed by atoms with Crippen LogP contribution >= 0.6 is 0 Å². The van der Waals surface area contributed by atoms with Gasteiger partial charge in [-0.2, -0.15) is 0 Å². The van der Waals surface area contributed by atoms with Gasteiger partial charge in [0.05, 0.1) is 12.2 Å². The largest absolute Gasteiger partial charge is 0.396 e. The quantitative estimate of drug-likeness (QED) is 0.547. The van der Waals surface area contributed by atoms with E-state index >= 15 is 0 Å². The Labute approximate surface area is 182 Å². The van der Waals surface area contributed by atoms with E-state index in [1.807, 2.05) is 0 Å². The van der Waals surface area contributed by atoms with Crippen molar-refractivity contribution in [2.75, 3.05) is 6.61 Å². The highest BCUT2D eigenvalue weighted by molar-refractivity contribution is 5.13. The predicted octanol–water partition coefficient (Wildman–Crippen LogP) is 6.95. The van der Waals surface area contributed by atoms with Crippen molar-refractivity contribution in [2.24, 2.45) is 52.3 Å². The minimum Gasteiger partial charge on any atom is -0.396 e. The van der Waals surface area contributed by atoms with E-state index in [4.69, 9.17) is 4.74 Å². The van der Waals surface area contributed by atoms with Crippen molar-refractivity contribution >= 4 is 0 Å². The van der Waals surface area contributed by atoms with Gasteiger partial charge in [0.25, 0.3) is 0 Å². The Bertz CT molecular complexity index is 614. The summed E-state index contributed by atoms with van der Waals surface area (Å²) in [5.74, 6) is 5.79. The fraction of sp³-hybridized carbons (Fsp3) is 1.00. The fourth-order valence-electron chi connectivity index (χ4n) is 9.85. The summed E-state index contributed by atoms with van der Waals surface area (Å²) < 4.78 is 6.78. The molecule has 5 fully saturated rings. The summed E-state index contributed by atoms with van der Waals surface area (Å²) in [6, 6.07) is 0.